The van der Waals surface area contributed by atoms with Gasteiger partial charge in [0.1, 0.15) is 5.52 Å². The van der Waals surface area contributed by atoms with Crippen LogP contribution in [0.5, 0.6) is 0 Å². The molecule has 0 fully saturated rings. The van der Waals surface area contributed by atoms with Crippen molar-refractivity contribution in [2.24, 2.45) is 7.05 Å². The maximum absolute atomic E-state index is 11.4. The molecule has 0 aliphatic heterocycles. The maximum atomic E-state index is 11.4. The van der Waals surface area contributed by atoms with E-state index in [1.54, 1.807) is 30.8 Å². The molecule has 0 unspecified atom stereocenters. The molecule has 1 aromatic heterocycles. The van der Waals surface area contributed by atoms with E-state index in [1.165, 1.54) is 0 Å². The number of rotatable bonds is 2. The first-order chi connectivity index (χ1) is 7.22. The van der Waals surface area contributed by atoms with Crippen LogP contribution in [0.2, 0.25) is 0 Å². The van der Waals surface area contributed by atoms with E-state index in [-0.39, 0.29) is 5.97 Å². The van der Waals surface area contributed by atoms with Gasteiger partial charge in [0.25, 0.3) is 0 Å². The maximum Gasteiger partial charge on any atom is 0.338 e. The lowest BCUT2D eigenvalue weighted by Gasteiger charge is -2.00. The van der Waals surface area contributed by atoms with Crippen LogP contribution < -0.4 is 0 Å². The van der Waals surface area contributed by atoms with Gasteiger partial charge in [0.2, 0.25) is 0 Å². The van der Waals surface area contributed by atoms with Crippen molar-refractivity contribution in [2.75, 3.05) is 6.61 Å². The lowest BCUT2D eigenvalue weighted by atomic mass is 10.2. The van der Waals surface area contributed by atoms with E-state index < -0.39 is 0 Å². The van der Waals surface area contributed by atoms with Crippen LogP contribution in [0.15, 0.2) is 18.2 Å². The standard InChI is InChI=1S/C10H11N3O2/c1-3-15-10(14)7-4-5-9-8(6-7)11-12-13(9)2/h4-6H,3H2,1-2H3. The second kappa shape index (κ2) is 3.68. The molecule has 0 aliphatic rings. The Kier molecular flexibility index (Phi) is 2.37. The third kappa shape index (κ3) is 1.68. The average molecular weight is 205 g/mol. The summed E-state index contributed by atoms with van der Waals surface area (Å²) in [6.07, 6.45) is 0. The van der Waals surface area contributed by atoms with Crippen LogP contribution in [0, 0.1) is 0 Å². The highest BCUT2D eigenvalue weighted by Gasteiger charge is 2.09. The number of ether oxygens (including phenoxy) is 1. The molecule has 1 aromatic carbocycles. The van der Waals surface area contributed by atoms with Gasteiger partial charge in [-0.1, -0.05) is 5.21 Å². The van der Waals surface area contributed by atoms with Gasteiger partial charge in [-0.05, 0) is 25.1 Å². The Morgan fingerprint density at radius 3 is 3.07 bits per heavy atom. The number of hydrogen-bond acceptors (Lipinski definition) is 4. The van der Waals surface area contributed by atoms with Gasteiger partial charge in [-0.3, -0.25) is 0 Å². The van der Waals surface area contributed by atoms with Crippen molar-refractivity contribution in [2.45, 2.75) is 6.92 Å². The van der Waals surface area contributed by atoms with Gasteiger partial charge in [-0.25, -0.2) is 9.48 Å². The number of carbonyl (C=O) groups is 1. The Labute approximate surface area is 86.6 Å². The second-order valence-corrected chi connectivity index (χ2v) is 3.14. The highest BCUT2D eigenvalue weighted by atomic mass is 16.5. The van der Waals surface area contributed by atoms with Gasteiger partial charge in [0, 0.05) is 7.05 Å². The summed E-state index contributed by atoms with van der Waals surface area (Å²) in [4.78, 5) is 11.4. The summed E-state index contributed by atoms with van der Waals surface area (Å²) in [6, 6.07) is 5.20. The van der Waals surface area contributed by atoms with Crippen LogP contribution in [-0.2, 0) is 11.8 Å². The molecule has 0 atom stereocenters. The van der Waals surface area contributed by atoms with Crippen LogP contribution in [-0.4, -0.2) is 27.6 Å². The van der Waals surface area contributed by atoms with Crippen molar-refractivity contribution in [1.29, 1.82) is 0 Å². The van der Waals surface area contributed by atoms with Crippen molar-refractivity contribution in [1.82, 2.24) is 15.0 Å². The van der Waals surface area contributed by atoms with E-state index >= 15 is 0 Å². The fraction of sp³-hybridized carbons (Fsp3) is 0.300. The number of hydrogen-bond donors (Lipinski definition) is 0. The van der Waals surface area contributed by atoms with Crippen LogP contribution >= 0.6 is 0 Å². The summed E-state index contributed by atoms with van der Waals surface area (Å²) in [5, 5.41) is 7.78. The normalized spacial score (nSPS) is 10.5. The zero-order chi connectivity index (χ0) is 10.8. The molecule has 78 valence electrons. The van der Waals surface area contributed by atoms with Gasteiger partial charge in [-0.15, -0.1) is 5.10 Å². The molecule has 0 aliphatic carbocycles. The van der Waals surface area contributed by atoms with E-state index in [4.69, 9.17) is 4.74 Å². The number of aromatic nitrogens is 3. The number of esters is 1. The van der Waals surface area contributed by atoms with E-state index in [9.17, 15) is 4.79 Å². The molecule has 15 heavy (non-hydrogen) atoms. The molecule has 0 radical (unpaired) electrons. The molecule has 2 aromatic rings. The molecular formula is C10H11N3O2. The van der Waals surface area contributed by atoms with Crippen molar-refractivity contribution < 1.29 is 9.53 Å². The predicted molar refractivity (Wildman–Crippen MR) is 54.5 cm³/mol. The molecule has 2 rings (SSSR count). The number of aryl methyl sites for hydroxylation is 1. The van der Waals surface area contributed by atoms with Gasteiger partial charge < -0.3 is 4.74 Å². The first kappa shape index (κ1) is 9.64. The SMILES string of the molecule is CCOC(=O)c1ccc2c(c1)nnn2C. The molecule has 0 N–H and O–H groups in total. The second-order valence-electron chi connectivity index (χ2n) is 3.14. The molecule has 0 spiro atoms. The summed E-state index contributed by atoms with van der Waals surface area (Å²) >= 11 is 0. The van der Waals surface area contributed by atoms with Gasteiger partial charge in [0.15, 0.2) is 0 Å². The first-order valence-electron chi connectivity index (χ1n) is 4.69. The van der Waals surface area contributed by atoms with Gasteiger partial charge in [-0.2, -0.15) is 0 Å². The van der Waals surface area contributed by atoms with E-state index in [0.717, 1.165) is 5.52 Å². The molecule has 0 saturated heterocycles. The minimum absolute atomic E-state index is 0.329. The number of fused-ring (bicyclic) bond motifs is 1. The fourth-order valence-electron chi connectivity index (χ4n) is 1.38. The molecule has 0 saturated carbocycles. The van der Waals surface area contributed by atoms with E-state index in [0.29, 0.717) is 17.7 Å². The molecule has 5 heteroatoms. The Bertz CT molecular complexity index is 504. The van der Waals surface area contributed by atoms with E-state index in [2.05, 4.69) is 10.3 Å². The largest absolute Gasteiger partial charge is 0.462 e. The highest BCUT2D eigenvalue weighted by Crippen LogP contribution is 2.13. The van der Waals surface area contributed by atoms with Crippen molar-refractivity contribution >= 4 is 17.0 Å². The quantitative estimate of drug-likeness (QED) is 0.690. The summed E-state index contributed by atoms with van der Waals surface area (Å²) in [5.74, 6) is -0.329. The number of carbonyl (C=O) groups excluding carboxylic acids is 1. The van der Waals surface area contributed by atoms with E-state index in [1.807, 2.05) is 6.07 Å². The predicted octanol–water partition coefficient (Wildman–Crippen LogP) is 1.15. The highest BCUT2D eigenvalue weighted by molar-refractivity contribution is 5.93. The summed E-state index contributed by atoms with van der Waals surface area (Å²) < 4.78 is 6.55. The Hall–Kier alpha value is -1.91. The Morgan fingerprint density at radius 1 is 1.53 bits per heavy atom. The molecule has 0 bridgehead atoms. The van der Waals surface area contributed by atoms with Crippen molar-refractivity contribution in [3.05, 3.63) is 23.8 Å². The van der Waals surface area contributed by atoms with Crippen LogP contribution in [0.1, 0.15) is 17.3 Å². The third-order valence-corrected chi connectivity index (χ3v) is 2.12. The molecular weight excluding hydrogens is 194 g/mol. The molecule has 5 nitrogen and oxygen atoms in total. The topological polar surface area (TPSA) is 57.0 Å². The van der Waals surface area contributed by atoms with Crippen LogP contribution in [0.3, 0.4) is 0 Å². The molecule has 0 amide bonds. The zero-order valence-electron chi connectivity index (χ0n) is 8.60. The molecule has 1 heterocycles. The van der Waals surface area contributed by atoms with Crippen molar-refractivity contribution in [3.63, 3.8) is 0 Å². The Balaban J connectivity index is 2.43. The minimum Gasteiger partial charge on any atom is -0.462 e. The van der Waals surface area contributed by atoms with Gasteiger partial charge in [0.05, 0.1) is 17.7 Å². The van der Waals surface area contributed by atoms with Crippen molar-refractivity contribution in [3.8, 4) is 0 Å². The smallest absolute Gasteiger partial charge is 0.338 e. The zero-order valence-corrected chi connectivity index (χ0v) is 8.60. The lowest BCUT2D eigenvalue weighted by molar-refractivity contribution is 0.0526. The average Bonchev–Trinajstić information content (AvgIpc) is 2.60. The van der Waals surface area contributed by atoms with Crippen LogP contribution in [0.4, 0.5) is 0 Å². The van der Waals surface area contributed by atoms with Gasteiger partial charge >= 0.3 is 5.97 Å². The van der Waals surface area contributed by atoms with Crippen LogP contribution in [0.25, 0.3) is 11.0 Å². The lowest BCUT2D eigenvalue weighted by Crippen LogP contribution is -2.04. The first-order valence-corrected chi connectivity index (χ1v) is 4.69. The summed E-state index contributed by atoms with van der Waals surface area (Å²) in [7, 11) is 1.80. The minimum atomic E-state index is -0.329. The fourth-order valence-corrected chi connectivity index (χ4v) is 1.38. The Morgan fingerprint density at radius 2 is 2.33 bits per heavy atom. The monoisotopic (exact) mass is 205 g/mol. The summed E-state index contributed by atoms with van der Waals surface area (Å²) in [5.41, 5.74) is 2.09. The third-order valence-electron chi connectivity index (χ3n) is 2.12. The number of nitrogens with zero attached hydrogens (tertiary/aromatic N) is 3. The summed E-state index contributed by atoms with van der Waals surface area (Å²) in [6.45, 7) is 2.15. The number of benzene rings is 1.